The van der Waals surface area contributed by atoms with Gasteiger partial charge in [-0.1, -0.05) is 0 Å². The van der Waals surface area contributed by atoms with Crippen LogP contribution in [0.1, 0.15) is 29.0 Å². The van der Waals surface area contributed by atoms with E-state index >= 15 is 0 Å². The summed E-state index contributed by atoms with van der Waals surface area (Å²) in [4.78, 5) is 23.4. The molecule has 30 heavy (non-hydrogen) atoms. The molecule has 1 aromatic carbocycles. The Morgan fingerprint density at radius 1 is 1.10 bits per heavy atom. The maximum absolute atomic E-state index is 12.9. The largest absolute Gasteiger partial charge is 0.493 e. The molecule has 1 aliphatic heterocycles. The van der Waals surface area contributed by atoms with Crippen LogP contribution in [0.3, 0.4) is 0 Å². The van der Waals surface area contributed by atoms with Crippen molar-refractivity contribution in [2.75, 3.05) is 27.3 Å². The Morgan fingerprint density at radius 3 is 2.53 bits per heavy atom. The number of benzene rings is 1. The van der Waals surface area contributed by atoms with Crippen molar-refractivity contribution in [2.45, 2.75) is 19.3 Å². The standard InChI is InChI=1S/C22H25N5O3/c1-29-18-4-3-17(14-19(18)30-2)22(28)27-11-7-15(8-12-27)13-20-24-21(26-25-20)16-5-9-23-10-6-16/h3-6,9-10,14-15H,7-8,11-13H2,1-2H3,(H,24,25,26). The van der Waals surface area contributed by atoms with Crippen molar-refractivity contribution in [3.63, 3.8) is 0 Å². The molecule has 0 aliphatic carbocycles. The van der Waals surface area contributed by atoms with Crippen LogP contribution in [-0.2, 0) is 6.42 Å². The number of rotatable bonds is 6. The van der Waals surface area contributed by atoms with Crippen molar-refractivity contribution in [1.82, 2.24) is 25.1 Å². The third-order valence-corrected chi connectivity index (χ3v) is 5.48. The predicted octanol–water partition coefficient (Wildman–Crippen LogP) is 2.98. The van der Waals surface area contributed by atoms with E-state index in [2.05, 4.69) is 20.2 Å². The highest BCUT2D eigenvalue weighted by Crippen LogP contribution is 2.29. The predicted molar refractivity (Wildman–Crippen MR) is 111 cm³/mol. The molecule has 0 bridgehead atoms. The maximum atomic E-state index is 12.9. The molecule has 1 amide bonds. The lowest BCUT2D eigenvalue weighted by Gasteiger charge is -2.31. The van der Waals surface area contributed by atoms with E-state index in [1.165, 1.54) is 0 Å². The van der Waals surface area contributed by atoms with Crippen molar-refractivity contribution in [3.05, 3.63) is 54.1 Å². The molecule has 4 rings (SSSR count). The molecule has 0 unspecified atom stereocenters. The van der Waals surface area contributed by atoms with Gasteiger partial charge in [0, 0.05) is 43.0 Å². The number of hydrogen-bond acceptors (Lipinski definition) is 6. The van der Waals surface area contributed by atoms with Crippen LogP contribution in [0.4, 0.5) is 0 Å². The Balaban J connectivity index is 1.34. The van der Waals surface area contributed by atoms with Crippen molar-refractivity contribution in [2.24, 2.45) is 5.92 Å². The number of H-pyrrole nitrogens is 1. The van der Waals surface area contributed by atoms with Crippen molar-refractivity contribution in [1.29, 1.82) is 0 Å². The molecule has 8 heteroatoms. The Morgan fingerprint density at radius 2 is 1.83 bits per heavy atom. The minimum Gasteiger partial charge on any atom is -0.493 e. The minimum atomic E-state index is 0.0223. The van der Waals surface area contributed by atoms with Gasteiger partial charge in [-0.2, -0.15) is 5.10 Å². The summed E-state index contributed by atoms with van der Waals surface area (Å²) in [5.74, 6) is 3.24. The lowest BCUT2D eigenvalue weighted by atomic mass is 9.93. The van der Waals surface area contributed by atoms with Crippen LogP contribution < -0.4 is 9.47 Å². The van der Waals surface area contributed by atoms with Crippen molar-refractivity contribution < 1.29 is 14.3 Å². The topological polar surface area (TPSA) is 93.2 Å². The minimum absolute atomic E-state index is 0.0223. The van der Waals surface area contributed by atoms with Gasteiger partial charge in [0.1, 0.15) is 5.82 Å². The summed E-state index contributed by atoms with van der Waals surface area (Å²) < 4.78 is 10.6. The molecular formula is C22H25N5O3. The van der Waals surface area contributed by atoms with Gasteiger partial charge >= 0.3 is 0 Å². The van der Waals surface area contributed by atoms with Gasteiger partial charge < -0.3 is 14.4 Å². The van der Waals surface area contributed by atoms with Crippen LogP contribution in [0.25, 0.3) is 11.4 Å². The highest BCUT2D eigenvalue weighted by atomic mass is 16.5. The van der Waals surface area contributed by atoms with Crippen LogP contribution in [0.2, 0.25) is 0 Å². The zero-order chi connectivity index (χ0) is 20.9. The van der Waals surface area contributed by atoms with E-state index in [0.29, 0.717) is 28.8 Å². The van der Waals surface area contributed by atoms with E-state index < -0.39 is 0 Å². The number of nitrogens with zero attached hydrogens (tertiary/aromatic N) is 4. The molecule has 2 aromatic heterocycles. The fourth-order valence-electron chi connectivity index (χ4n) is 3.78. The molecule has 0 spiro atoms. The molecule has 3 heterocycles. The van der Waals surface area contributed by atoms with E-state index in [1.807, 2.05) is 17.0 Å². The number of hydrogen-bond donors (Lipinski definition) is 1. The van der Waals surface area contributed by atoms with Crippen LogP contribution in [-0.4, -0.2) is 58.3 Å². The second kappa shape index (κ2) is 8.94. The summed E-state index contributed by atoms with van der Waals surface area (Å²) >= 11 is 0. The van der Waals surface area contributed by atoms with E-state index in [4.69, 9.17) is 9.47 Å². The summed E-state index contributed by atoms with van der Waals surface area (Å²) in [6.45, 7) is 1.45. The molecule has 0 atom stereocenters. The van der Waals surface area contributed by atoms with Crippen LogP contribution in [0.15, 0.2) is 42.7 Å². The van der Waals surface area contributed by atoms with E-state index in [9.17, 15) is 4.79 Å². The van der Waals surface area contributed by atoms with Gasteiger partial charge in [0.05, 0.1) is 14.2 Å². The highest BCUT2D eigenvalue weighted by molar-refractivity contribution is 5.95. The van der Waals surface area contributed by atoms with Gasteiger partial charge in [0.2, 0.25) is 0 Å². The Hall–Kier alpha value is -3.42. The number of ether oxygens (including phenoxy) is 2. The highest BCUT2D eigenvalue weighted by Gasteiger charge is 2.25. The summed E-state index contributed by atoms with van der Waals surface area (Å²) in [5, 5.41) is 7.36. The Kier molecular flexibility index (Phi) is 5.92. The molecule has 8 nitrogen and oxygen atoms in total. The molecule has 1 fully saturated rings. The fraction of sp³-hybridized carbons (Fsp3) is 0.364. The molecular weight excluding hydrogens is 382 g/mol. The Bertz CT molecular complexity index is 997. The number of pyridine rings is 1. The quantitative estimate of drug-likeness (QED) is 0.675. The number of aromatic nitrogens is 4. The first-order valence-electron chi connectivity index (χ1n) is 10.0. The number of nitrogens with one attached hydrogen (secondary N) is 1. The van der Waals surface area contributed by atoms with Crippen LogP contribution in [0.5, 0.6) is 11.5 Å². The second-order valence-electron chi connectivity index (χ2n) is 7.35. The number of carbonyl (C=O) groups excluding carboxylic acids is 1. The lowest BCUT2D eigenvalue weighted by Crippen LogP contribution is -2.39. The van der Waals surface area contributed by atoms with E-state index in [0.717, 1.165) is 43.7 Å². The molecule has 1 N–H and O–H groups in total. The zero-order valence-electron chi connectivity index (χ0n) is 17.2. The zero-order valence-corrected chi connectivity index (χ0v) is 17.2. The van der Waals surface area contributed by atoms with E-state index in [1.54, 1.807) is 44.8 Å². The summed E-state index contributed by atoms with van der Waals surface area (Å²) in [6, 6.07) is 9.08. The van der Waals surface area contributed by atoms with Crippen molar-refractivity contribution in [3.8, 4) is 22.9 Å². The fourth-order valence-corrected chi connectivity index (χ4v) is 3.78. The SMILES string of the molecule is COc1ccc(C(=O)N2CCC(Cc3nc(-c4ccncc4)n[nH]3)CC2)cc1OC. The number of piperidine rings is 1. The third-order valence-electron chi connectivity index (χ3n) is 5.48. The average molecular weight is 407 g/mol. The van der Waals surface area contributed by atoms with Gasteiger partial charge in [-0.25, -0.2) is 4.98 Å². The van der Waals surface area contributed by atoms with Gasteiger partial charge in [-0.3, -0.25) is 14.9 Å². The van der Waals surface area contributed by atoms with Gasteiger partial charge in [0.15, 0.2) is 17.3 Å². The van der Waals surface area contributed by atoms with Gasteiger partial charge in [0.25, 0.3) is 5.91 Å². The molecule has 0 radical (unpaired) electrons. The van der Waals surface area contributed by atoms with Crippen LogP contribution in [0, 0.1) is 5.92 Å². The van der Waals surface area contributed by atoms with Crippen molar-refractivity contribution >= 4 is 5.91 Å². The smallest absolute Gasteiger partial charge is 0.253 e. The third kappa shape index (κ3) is 4.27. The number of methoxy groups -OCH3 is 2. The molecule has 0 saturated carbocycles. The summed E-state index contributed by atoms with van der Waals surface area (Å²) in [5.41, 5.74) is 1.56. The Labute approximate surface area is 175 Å². The number of amides is 1. The molecule has 1 saturated heterocycles. The monoisotopic (exact) mass is 407 g/mol. The van der Waals surface area contributed by atoms with Gasteiger partial charge in [-0.15, -0.1) is 0 Å². The number of carbonyl (C=O) groups is 1. The lowest BCUT2D eigenvalue weighted by molar-refractivity contribution is 0.0689. The maximum Gasteiger partial charge on any atom is 0.253 e. The number of likely N-dealkylation sites (tertiary alicyclic amines) is 1. The summed E-state index contributed by atoms with van der Waals surface area (Å²) in [6.07, 6.45) is 6.16. The first-order valence-corrected chi connectivity index (χ1v) is 10.0. The summed E-state index contributed by atoms with van der Waals surface area (Å²) in [7, 11) is 3.15. The van der Waals surface area contributed by atoms with Gasteiger partial charge in [-0.05, 0) is 49.1 Å². The van der Waals surface area contributed by atoms with E-state index in [-0.39, 0.29) is 5.91 Å². The number of aromatic amines is 1. The first-order chi connectivity index (χ1) is 14.7. The molecule has 3 aromatic rings. The second-order valence-corrected chi connectivity index (χ2v) is 7.35. The first kappa shape index (κ1) is 19.9. The van der Waals surface area contributed by atoms with Crippen LogP contribution >= 0.6 is 0 Å². The molecule has 1 aliphatic rings. The molecule has 156 valence electrons. The average Bonchev–Trinajstić information content (AvgIpc) is 3.27. The normalized spacial score (nSPS) is 14.5.